The molecule has 1 aromatic rings. The van der Waals surface area contributed by atoms with Crippen LogP contribution in [0.4, 0.5) is 0 Å². The van der Waals surface area contributed by atoms with Crippen LogP contribution in [-0.4, -0.2) is 60.2 Å². The summed E-state index contributed by atoms with van der Waals surface area (Å²) in [7, 11) is 2.00. The van der Waals surface area contributed by atoms with Gasteiger partial charge in [0.1, 0.15) is 6.04 Å². The highest BCUT2D eigenvalue weighted by molar-refractivity contribution is 6.05. The summed E-state index contributed by atoms with van der Waals surface area (Å²) in [4.78, 5) is 40.7. The average molecular weight is 384 g/mol. The molecule has 2 saturated heterocycles. The van der Waals surface area contributed by atoms with E-state index in [1.807, 2.05) is 19.2 Å². The van der Waals surface area contributed by atoms with Crippen molar-refractivity contribution in [1.29, 1.82) is 0 Å². The minimum absolute atomic E-state index is 0.0981. The van der Waals surface area contributed by atoms with Gasteiger partial charge in [0.05, 0.1) is 0 Å². The van der Waals surface area contributed by atoms with Gasteiger partial charge in [-0.1, -0.05) is 12.1 Å². The van der Waals surface area contributed by atoms with Gasteiger partial charge in [0.2, 0.25) is 11.8 Å². The molecule has 0 aromatic heterocycles. The molecule has 3 aliphatic rings. The summed E-state index contributed by atoms with van der Waals surface area (Å²) in [5.74, 6) is 0.0322. The van der Waals surface area contributed by atoms with Gasteiger partial charge in [0, 0.05) is 25.1 Å². The number of hydrogen-bond donors (Lipinski definition) is 2. The van der Waals surface area contributed by atoms with Gasteiger partial charge in [0.25, 0.3) is 5.91 Å². The van der Waals surface area contributed by atoms with Crippen LogP contribution in [0.25, 0.3) is 0 Å². The lowest BCUT2D eigenvalue weighted by atomic mass is 9.95. The van der Waals surface area contributed by atoms with E-state index in [0.29, 0.717) is 18.5 Å². The number of nitrogens with one attached hydrogen (secondary N) is 2. The second kappa shape index (κ2) is 8.01. The minimum atomic E-state index is -0.553. The third-order valence-corrected chi connectivity index (χ3v) is 6.27. The van der Waals surface area contributed by atoms with E-state index in [1.165, 1.54) is 18.4 Å². The molecule has 7 nitrogen and oxygen atoms in total. The van der Waals surface area contributed by atoms with E-state index in [4.69, 9.17) is 0 Å². The van der Waals surface area contributed by atoms with Crippen LogP contribution in [0.15, 0.2) is 18.2 Å². The Labute approximate surface area is 165 Å². The van der Waals surface area contributed by atoms with Crippen LogP contribution in [0.1, 0.15) is 47.2 Å². The summed E-state index contributed by atoms with van der Waals surface area (Å²) in [6.07, 6.45) is 3.07. The number of rotatable bonds is 5. The highest BCUT2D eigenvalue weighted by Gasteiger charge is 2.39. The van der Waals surface area contributed by atoms with Crippen molar-refractivity contribution < 1.29 is 14.4 Å². The maximum atomic E-state index is 12.9. The fourth-order valence-electron chi connectivity index (χ4n) is 4.68. The number of amides is 3. The summed E-state index contributed by atoms with van der Waals surface area (Å²) in [6.45, 7) is 4.50. The quantitative estimate of drug-likeness (QED) is 0.737. The van der Waals surface area contributed by atoms with E-state index in [1.54, 1.807) is 4.90 Å². The Balaban J connectivity index is 1.46. The highest BCUT2D eigenvalue weighted by atomic mass is 16.2. The number of fused-ring (bicyclic) bond motifs is 1. The molecule has 3 amide bonds. The van der Waals surface area contributed by atoms with Crippen molar-refractivity contribution in [3.05, 3.63) is 34.9 Å². The SMILES string of the molecule is CNCC1CCN(Cc2cccc3c2CN(C2CCC(=O)NC2=O)C3=O)CC1. The zero-order chi connectivity index (χ0) is 19.7. The first-order valence-corrected chi connectivity index (χ1v) is 10.2. The lowest BCUT2D eigenvalue weighted by molar-refractivity contribution is -0.136. The normalized spacial score (nSPS) is 23.8. The van der Waals surface area contributed by atoms with Crippen molar-refractivity contribution in [3.63, 3.8) is 0 Å². The first-order valence-electron chi connectivity index (χ1n) is 10.2. The van der Waals surface area contributed by atoms with Gasteiger partial charge in [-0.15, -0.1) is 0 Å². The lowest BCUT2D eigenvalue weighted by Crippen LogP contribution is -2.52. The first-order chi connectivity index (χ1) is 13.6. The predicted molar refractivity (Wildman–Crippen MR) is 104 cm³/mol. The fourth-order valence-corrected chi connectivity index (χ4v) is 4.68. The molecule has 3 aliphatic heterocycles. The van der Waals surface area contributed by atoms with E-state index in [2.05, 4.69) is 21.6 Å². The predicted octanol–water partition coefficient (Wildman–Crippen LogP) is 0.879. The van der Waals surface area contributed by atoms with Crippen LogP contribution >= 0.6 is 0 Å². The summed E-state index contributed by atoms with van der Waals surface area (Å²) in [6, 6.07) is 5.34. The summed E-state index contributed by atoms with van der Waals surface area (Å²) in [5.41, 5.74) is 2.91. The van der Waals surface area contributed by atoms with Crippen LogP contribution in [0, 0.1) is 5.92 Å². The van der Waals surface area contributed by atoms with Crippen LogP contribution in [0.3, 0.4) is 0 Å². The number of carbonyl (C=O) groups excluding carboxylic acids is 3. The number of hydrogen-bond acceptors (Lipinski definition) is 5. The van der Waals surface area contributed by atoms with E-state index < -0.39 is 6.04 Å². The molecule has 0 spiro atoms. The van der Waals surface area contributed by atoms with E-state index >= 15 is 0 Å². The molecule has 1 atom stereocenters. The van der Waals surface area contributed by atoms with Gasteiger partial charge in [-0.2, -0.15) is 0 Å². The third-order valence-electron chi connectivity index (χ3n) is 6.27. The minimum Gasteiger partial charge on any atom is -0.322 e. The molecule has 3 heterocycles. The van der Waals surface area contributed by atoms with E-state index in [-0.39, 0.29) is 24.1 Å². The molecular formula is C21H28N4O3. The molecule has 28 heavy (non-hydrogen) atoms. The van der Waals surface area contributed by atoms with Crippen LogP contribution in [0.2, 0.25) is 0 Å². The Morgan fingerprint density at radius 2 is 1.93 bits per heavy atom. The Bertz CT molecular complexity index is 786. The summed E-state index contributed by atoms with van der Waals surface area (Å²) in [5, 5.41) is 5.63. The van der Waals surface area contributed by atoms with Crippen molar-refractivity contribution >= 4 is 17.7 Å². The molecule has 0 aliphatic carbocycles. The van der Waals surface area contributed by atoms with Gasteiger partial charge < -0.3 is 10.2 Å². The molecule has 1 unspecified atom stereocenters. The molecule has 1 aromatic carbocycles. The number of imide groups is 1. The Hall–Kier alpha value is -2.25. The number of benzene rings is 1. The van der Waals surface area contributed by atoms with Gasteiger partial charge >= 0.3 is 0 Å². The standard InChI is InChI=1S/C21H28N4O3/c1-22-11-14-7-9-24(10-8-14)12-15-3-2-4-16-17(15)13-25(21(16)28)18-5-6-19(26)23-20(18)27/h2-4,14,18,22H,5-13H2,1H3,(H,23,26,27). The monoisotopic (exact) mass is 384 g/mol. The molecular weight excluding hydrogens is 356 g/mol. The Morgan fingerprint density at radius 1 is 1.14 bits per heavy atom. The van der Waals surface area contributed by atoms with E-state index in [0.717, 1.165) is 37.7 Å². The zero-order valence-corrected chi connectivity index (χ0v) is 16.4. The molecule has 2 fully saturated rings. The van der Waals surface area contributed by atoms with Gasteiger partial charge in [-0.3, -0.25) is 24.6 Å². The molecule has 0 radical (unpaired) electrons. The molecule has 0 saturated carbocycles. The smallest absolute Gasteiger partial charge is 0.255 e. The fraction of sp³-hybridized carbons (Fsp3) is 0.571. The largest absolute Gasteiger partial charge is 0.322 e. The topological polar surface area (TPSA) is 81.8 Å². The number of nitrogens with zero attached hydrogens (tertiary/aromatic N) is 2. The number of likely N-dealkylation sites (tertiary alicyclic amines) is 1. The lowest BCUT2D eigenvalue weighted by Gasteiger charge is -2.32. The third kappa shape index (κ3) is 3.69. The molecule has 7 heteroatoms. The highest BCUT2D eigenvalue weighted by Crippen LogP contribution is 2.31. The summed E-state index contributed by atoms with van der Waals surface area (Å²) < 4.78 is 0. The molecule has 2 N–H and O–H groups in total. The molecule has 150 valence electrons. The van der Waals surface area contributed by atoms with Crippen molar-refractivity contribution in [2.24, 2.45) is 5.92 Å². The van der Waals surface area contributed by atoms with Crippen molar-refractivity contribution in [1.82, 2.24) is 20.4 Å². The Morgan fingerprint density at radius 3 is 2.64 bits per heavy atom. The zero-order valence-electron chi connectivity index (χ0n) is 16.4. The number of piperidine rings is 2. The van der Waals surface area contributed by atoms with Crippen molar-refractivity contribution in [3.8, 4) is 0 Å². The van der Waals surface area contributed by atoms with Crippen molar-refractivity contribution in [2.45, 2.75) is 44.8 Å². The maximum Gasteiger partial charge on any atom is 0.255 e. The molecule has 4 rings (SSSR count). The average Bonchev–Trinajstić information content (AvgIpc) is 3.01. The van der Waals surface area contributed by atoms with Crippen molar-refractivity contribution in [2.75, 3.05) is 26.7 Å². The summed E-state index contributed by atoms with van der Waals surface area (Å²) >= 11 is 0. The van der Waals surface area contributed by atoms with Gasteiger partial charge in [-0.25, -0.2) is 0 Å². The van der Waals surface area contributed by atoms with Gasteiger partial charge in [0.15, 0.2) is 0 Å². The van der Waals surface area contributed by atoms with Gasteiger partial charge in [-0.05, 0) is 69.1 Å². The Kier molecular flexibility index (Phi) is 5.46. The number of carbonyl (C=O) groups is 3. The van der Waals surface area contributed by atoms with Crippen LogP contribution in [-0.2, 0) is 22.7 Å². The second-order valence-electron chi connectivity index (χ2n) is 8.12. The maximum absolute atomic E-state index is 12.9. The molecule has 0 bridgehead atoms. The van der Waals surface area contributed by atoms with E-state index in [9.17, 15) is 14.4 Å². The van der Waals surface area contributed by atoms with Crippen LogP contribution in [0.5, 0.6) is 0 Å². The van der Waals surface area contributed by atoms with Crippen LogP contribution < -0.4 is 10.6 Å². The first kappa shape index (κ1) is 19.1. The second-order valence-corrected chi connectivity index (χ2v) is 8.12.